The van der Waals surface area contributed by atoms with Crippen molar-refractivity contribution in [1.82, 2.24) is 0 Å². The Morgan fingerprint density at radius 3 is 2.04 bits per heavy atom. The number of rotatable bonds is 12. The SMILES string of the molecule is CCCCCCCC/C(=C/S(=O)(=O)c1ccccc1)CCCC. The van der Waals surface area contributed by atoms with Gasteiger partial charge < -0.3 is 0 Å². The second-order valence-corrected chi connectivity index (χ2v) is 8.05. The molecular formula is C20H32O2S. The Bertz CT molecular complexity index is 544. The van der Waals surface area contributed by atoms with Crippen molar-refractivity contribution in [3.8, 4) is 0 Å². The molecule has 0 unspecified atom stereocenters. The molecule has 0 aromatic heterocycles. The quantitative estimate of drug-likeness (QED) is 0.421. The van der Waals surface area contributed by atoms with Crippen LogP contribution in [0, 0.1) is 0 Å². The van der Waals surface area contributed by atoms with Crippen LogP contribution in [0.3, 0.4) is 0 Å². The lowest BCUT2D eigenvalue weighted by atomic mass is 10.0. The standard InChI is InChI=1S/C20H32O2S/c1-3-5-7-8-9-11-15-19(14-6-4-2)18-23(21,22)20-16-12-10-13-17-20/h10,12-13,16-18H,3-9,11,14-15H2,1-2H3/b19-18+. The van der Waals surface area contributed by atoms with E-state index in [9.17, 15) is 8.42 Å². The maximum absolute atomic E-state index is 12.5. The van der Waals surface area contributed by atoms with Crippen LogP contribution in [0.4, 0.5) is 0 Å². The number of allylic oxidation sites excluding steroid dienone is 1. The second kappa shape index (κ2) is 11.4. The second-order valence-electron chi connectivity index (χ2n) is 6.26. The molecule has 3 heteroatoms. The summed E-state index contributed by atoms with van der Waals surface area (Å²) in [6.07, 6.45) is 11.4. The van der Waals surface area contributed by atoms with Crippen molar-refractivity contribution in [2.24, 2.45) is 0 Å². The van der Waals surface area contributed by atoms with Gasteiger partial charge in [-0.15, -0.1) is 0 Å². The summed E-state index contributed by atoms with van der Waals surface area (Å²) in [6.45, 7) is 4.37. The average molecular weight is 337 g/mol. The van der Waals surface area contributed by atoms with Gasteiger partial charge in [-0.05, 0) is 37.8 Å². The summed E-state index contributed by atoms with van der Waals surface area (Å²) in [4.78, 5) is 0.400. The molecule has 0 aliphatic heterocycles. The van der Waals surface area contributed by atoms with Crippen molar-refractivity contribution in [3.05, 3.63) is 41.3 Å². The van der Waals surface area contributed by atoms with Gasteiger partial charge in [-0.2, -0.15) is 0 Å². The summed E-state index contributed by atoms with van der Waals surface area (Å²) in [6, 6.07) is 8.75. The van der Waals surface area contributed by atoms with Crippen molar-refractivity contribution < 1.29 is 8.42 Å². The van der Waals surface area contributed by atoms with Crippen molar-refractivity contribution in [2.75, 3.05) is 0 Å². The number of hydrogen-bond donors (Lipinski definition) is 0. The fourth-order valence-corrected chi connectivity index (χ4v) is 4.02. The van der Waals surface area contributed by atoms with Crippen LogP contribution in [0.25, 0.3) is 0 Å². The summed E-state index contributed by atoms with van der Waals surface area (Å²) in [7, 11) is -3.30. The fourth-order valence-electron chi connectivity index (χ4n) is 2.68. The highest BCUT2D eigenvalue weighted by Crippen LogP contribution is 2.21. The van der Waals surface area contributed by atoms with Crippen molar-refractivity contribution >= 4 is 9.84 Å². The highest BCUT2D eigenvalue weighted by Gasteiger charge is 2.12. The summed E-state index contributed by atoms with van der Waals surface area (Å²) in [5, 5.41) is 1.53. The van der Waals surface area contributed by atoms with Gasteiger partial charge in [0, 0.05) is 5.41 Å². The highest BCUT2D eigenvalue weighted by atomic mass is 32.2. The maximum Gasteiger partial charge on any atom is 0.199 e. The van der Waals surface area contributed by atoms with Gasteiger partial charge in [-0.3, -0.25) is 0 Å². The largest absolute Gasteiger partial charge is 0.219 e. The third-order valence-electron chi connectivity index (χ3n) is 4.10. The van der Waals surface area contributed by atoms with E-state index in [1.54, 1.807) is 24.3 Å². The molecule has 2 nitrogen and oxygen atoms in total. The number of hydrogen-bond acceptors (Lipinski definition) is 2. The first-order valence-electron chi connectivity index (χ1n) is 9.09. The highest BCUT2D eigenvalue weighted by molar-refractivity contribution is 7.94. The zero-order valence-electron chi connectivity index (χ0n) is 14.8. The molecule has 0 radical (unpaired) electrons. The molecule has 0 saturated carbocycles. The first-order valence-corrected chi connectivity index (χ1v) is 10.6. The van der Waals surface area contributed by atoms with E-state index in [1.165, 1.54) is 37.5 Å². The van der Waals surface area contributed by atoms with Crippen LogP contribution >= 0.6 is 0 Å². The Balaban J connectivity index is 2.65. The number of sulfone groups is 1. The molecule has 23 heavy (non-hydrogen) atoms. The first-order chi connectivity index (χ1) is 11.1. The molecule has 1 aromatic rings. The smallest absolute Gasteiger partial charge is 0.199 e. The van der Waals surface area contributed by atoms with E-state index in [0.717, 1.165) is 37.7 Å². The van der Waals surface area contributed by atoms with E-state index in [1.807, 2.05) is 6.07 Å². The Hall–Kier alpha value is -1.09. The maximum atomic E-state index is 12.5. The summed E-state index contributed by atoms with van der Waals surface area (Å²) in [5.41, 5.74) is 1.09. The topological polar surface area (TPSA) is 34.1 Å². The molecule has 1 rings (SSSR count). The monoisotopic (exact) mass is 336 g/mol. The molecule has 0 atom stereocenters. The van der Waals surface area contributed by atoms with E-state index in [4.69, 9.17) is 0 Å². The number of unbranched alkanes of at least 4 members (excludes halogenated alkanes) is 6. The van der Waals surface area contributed by atoms with Gasteiger partial charge in [0.05, 0.1) is 4.90 Å². The van der Waals surface area contributed by atoms with E-state index in [-0.39, 0.29) is 0 Å². The molecule has 0 bridgehead atoms. The van der Waals surface area contributed by atoms with Crippen LogP contribution in [0.1, 0.15) is 78.1 Å². The first kappa shape index (κ1) is 20.0. The number of benzene rings is 1. The predicted octanol–water partition coefficient (Wildman–Crippen LogP) is 6.29. The molecule has 0 amide bonds. The minimum absolute atomic E-state index is 0.400. The minimum Gasteiger partial charge on any atom is -0.219 e. The van der Waals surface area contributed by atoms with E-state index in [2.05, 4.69) is 13.8 Å². The molecule has 0 aliphatic rings. The molecule has 0 aliphatic carbocycles. The van der Waals surface area contributed by atoms with Gasteiger partial charge in [0.1, 0.15) is 0 Å². The van der Waals surface area contributed by atoms with Gasteiger partial charge in [0.25, 0.3) is 0 Å². The lowest BCUT2D eigenvalue weighted by molar-refractivity contribution is 0.595. The zero-order chi connectivity index (χ0) is 17.0. The van der Waals surface area contributed by atoms with E-state index < -0.39 is 9.84 Å². The van der Waals surface area contributed by atoms with Crippen LogP contribution in [0.5, 0.6) is 0 Å². The average Bonchev–Trinajstić information content (AvgIpc) is 2.56. The lowest BCUT2D eigenvalue weighted by Gasteiger charge is -2.08. The Labute approximate surface area is 142 Å². The van der Waals surface area contributed by atoms with Gasteiger partial charge in [0.2, 0.25) is 0 Å². The molecule has 0 fully saturated rings. The van der Waals surface area contributed by atoms with Gasteiger partial charge >= 0.3 is 0 Å². The minimum atomic E-state index is -3.30. The molecular weight excluding hydrogens is 304 g/mol. The molecule has 0 N–H and O–H groups in total. The fraction of sp³-hybridized carbons (Fsp3) is 0.600. The van der Waals surface area contributed by atoms with Gasteiger partial charge in [-0.1, -0.05) is 76.1 Å². The predicted molar refractivity (Wildman–Crippen MR) is 99.2 cm³/mol. The Kier molecular flexibility index (Phi) is 9.93. The van der Waals surface area contributed by atoms with E-state index >= 15 is 0 Å². The third kappa shape index (κ3) is 8.36. The Morgan fingerprint density at radius 2 is 1.39 bits per heavy atom. The lowest BCUT2D eigenvalue weighted by Crippen LogP contribution is -1.99. The van der Waals surface area contributed by atoms with Gasteiger partial charge in [-0.25, -0.2) is 8.42 Å². The van der Waals surface area contributed by atoms with E-state index in [0.29, 0.717) is 4.90 Å². The van der Waals surface area contributed by atoms with Crippen LogP contribution in [0.15, 0.2) is 46.2 Å². The van der Waals surface area contributed by atoms with Crippen molar-refractivity contribution in [2.45, 2.75) is 83.0 Å². The summed E-state index contributed by atoms with van der Waals surface area (Å²) in [5.74, 6) is 0. The normalized spacial score (nSPS) is 12.5. The Morgan fingerprint density at radius 1 is 0.826 bits per heavy atom. The van der Waals surface area contributed by atoms with Crippen LogP contribution < -0.4 is 0 Å². The van der Waals surface area contributed by atoms with Crippen LogP contribution in [0.2, 0.25) is 0 Å². The molecule has 0 heterocycles. The van der Waals surface area contributed by atoms with Crippen molar-refractivity contribution in [1.29, 1.82) is 0 Å². The molecule has 0 spiro atoms. The zero-order valence-corrected chi connectivity index (χ0v) is 15.6. The molecule has 130 valence electrons. The molecule has 1 aromatic carbocycles. The van der Waals surface area contributed by atoms with Crippen molar-refractivity contribution in [3.63, 3.8) is 0 Å². The molecule has 0 saturated heterocycles. The third-order valence-corrected chi connectivity index (χ3v) is 5.67. The van der Waals surface area contributed by atoms with Crippen LogP contribution in [-0.4, -0.2) is 8.42 Å². The summed E-state index contributed by atoms with van der Waals surface area (Å²) < 4.78 is 25.0. The van der Waals surface area contributed by atoms with Gasteiger partial charge in [0.15, 0.2) is 9.84 Å². The van der Waals surface area contributed by atoms with Crippen LogP contribution in [-0.2, 0) is 9.84 Å². The summed E-state index contributed by atoms with van der Waals surface area (Å²) >= 11 is 0.